The highest BCUT2D eigenvalue weighted by Crippen LogP contribution is 2.12. The largest absolute Gasteiger partial charge is 0.497 e. The molecule has 1 amide bonds. The van der Waals surface area contributed by atoms with E-state index in [1.165, 1.54) is 24.2 Å². The lowest BCUT2D eigenvalue weighted by atomic mass is 10.3. The van der Waals surface area contributed by atoms with Crippen molar-refractivity contribution in [3.8, 4) is 0 Å². The van der Waals surface area contributed by atoms with E-state index in [-0.39, 0.29) is 18.4 Å². The van der Waals surface area contributed by atoms with Gasteiger partial charge in [0.25, 0.3) is 0 Å². The number of likely N-dealkylation sites (N-methyl/N-ethyl adjacent to an activating group) is 1. The van der Waals surface area contributed by atoms with E-state index in [4.69, 9.17) is 9.47 Å². The lowest BCUT2D eigenvalue weighted by Gasteiger charge is -2.09. The smallest absolute Gasteiger partial charge is 0.331 e. The van der Waals surface area contributed by atoms with Gasteiger partial charge in [-0.3, -0.25) is 4.79 Å². The number of methoxy groups -OCH3 is 1. The van der Waals surface area contributed by atoms with Crippen molar-refractivity contribution < 1.29 is 19.1 Å². The number of nitrogens with zero attached hydrogens (tertiary/aromatic N) is 1. The van der Waals surface area contributed by atoms with Crippen LogP contribution in [-0.2, 0) is 19.1 Å². The van der Waals surface area contributed by atoms with Crippen LogP contribution in [0, 0.1) is 0 Å². The maximum atomic E-state index is 11.3. The number of likely N-dealkylation sites (tertiary alicyclic amines) is 1. The number of hydrogen-bond donors (Lipinski definition) is 0. The molecule has 1 fully saturated rings. The Morgan fingerprint density at radius 3 is 2.75 bits per heavy atom. The number of hydrogen-bond acceptors (Lipinski definition) is 4. The highest BCUT2D eigenvalue weighted by Gasteiger charge is 2.28. The fourth-order valence-corrected chi connectivity index (χ4v) is 1.33. The van der Waals surface area contributed by atoms with Crippen LogP contribution in [0.15, 0.2) is 24.5 Å². The van der Waals surface area contributed by atoms with E-state index in [9.17, 15) is 9.59 Å². The van der Waals surface area contributed by atoms with Crippen molar-refractivity contribution in [2.24, 2.45) is 0 Å². The first-order valence-corrected chi connectivity index (χ1v) is 4.88. The minimum atomic E-state index is -0.494. The van der Waals surface area contributed by atoms with Crippen LogP contribution in [0.2, 0.25) is 0 Å². The average Bonchev–Trinajstić information content (AvgIpc) is 2.54. The second-order valence-electron chi connectivity index (χ2n) is 3.54. The number of amides is 1. The quantitative estimate of drug-likeness (QED) is 0.302. The van der Waals surface area contributed by atoms with Gasteiger partial charge in [-0.05, 0) is 6.08 Å². The Balaban J connectivity index is 2.38. The molecule has 0 spiro atoms. The van der Waals surface area contributed by atoms with Gasteiger partial charge in [-0.1, -0.05) is 6.58 Å². The zero-order valence-corrected chi connectivity index (χ0v) is 9.43. The number of ether oxygens (including phenoxy) is 2. The third-order valence-corrected chi connectivity index (χ3v) is 2.26. The van der Waals surface area contributed by atoms with Crippen LogP contribution in [0.5, 0.6) is 0 Å². The first-order valence-electron chi connectivity index (χ1n) is 4.88. The molecule has 1 heterocycles. The molecule has 88 valence electrons. The molecule has 0 saturated carbocycles. The van der Waals surface area contributed by atoms with Crippen molar-refractivity contribution >= 4 is 11.9 Å². The summed E-state index contributed by atoms with van der Waals surface area (Å²) in [4.78, 5) is 24.0. The Morgan fingerprint density at radius 1 is 1.56 bits per heavy atom. The molecule has 1 aliphatic heterocycles. The van der Waals surface area contributed by atoms with E-state index >= 15 is 0 Å². The lowest BCUT2D eigenvalue weighted by molar-refractivity contribution is -0.142. The van der Waals surface area contributed by atoms with Crippen molar-refractivity contribution in [2.45, 2.75) is 12.5 Å². The lowest BCUT2D eigenvalue weighted by Crippen LogP contribution is -2.22. The maximum Gasteiger partial charge on any atom is 0.331 e. The van der Waals surface area contributed by atoms with Crippen LogP contribution < -0.4 is 0 Å². The van der Waals surface area contributed by atoms with Gasteiger partial charge >= 0.3 is 5.97 Å². The van der Waals surface area contributed by atoms with Gasteiger partial charge in [-0.2, -0.15) is 0 Å². The molecule has 1 atom stereocenters. The van der Waals surface area contributed by atoms with Gasteiger partial charge in [0.05, 0.1) is 20.1 Å². The number of carbonyl (C=O) groups is 2. The molecule has 0 aromatic rings. The van der Waals surface area contributed by atoms with Crippen molar-refractivity contribution in [1.82, 2.24) is 4.90 Å². The highest BCUT2D eigenvalue weighted by atomic mass is 16.5. The van der Waals surface area contributed by atoms with Gasteiger partial charge in [0.1, 0.15) is 11.9 Å². The average molecular weight is 225 g/mol. The van der Waals surface area contributed by atoms with E-state index in [0.717, 1.165) is 0 Å². The second-order valence-corrected chi connectivity index (χ2v) is 3.54. The molecular weight excluding hydrogens is 210 g/mol. The van der Waals surface area contributed by atoms with Crippen LogP contribution in [0.25, 0.3) is 0 Å². The summed E-state index contributed by atoms with van der Waals surface area (Å²) in [7, 11) is 3.14. The third-order valence-electron chi connectivity index (χ3n) is 2.26. The fourth-order valence-electron chi connectivity index (χ4n) is 1.33. The molecule has 0 aliphatic carbocycles. The summed E-state index contributed by atoms with van der Waals surface area (Å²) in [6.45, 7) is 3.97. The SMILES string of the molecule is C=C(/C=C/C(=O)OC1CC(=O)N(C)C1)OC. The predicted octanol–water partition coefficient (Wildman–Crippen LogP) is 0.477. The van der Waals surface area contributed by atoms with Crippen molar-refractivity contribution in [2.75, 3.05) is 20.7 Å². The molecule has 0 aromatic carbocycles. The highest BCUT2D eigenvalue weighted by molar-refractivity contribution is 5.84. The molecule has 1 aliphatic rings. The summed E-state index contributed by atoms with van der Waals surface area (Å²) >= 11 is 0. The van der Waals surface area contributed by atoms with Gasteiger partial charge in [0.2, 0.25) is 5.91 Å². The zero-order chi connectivity index (χ0) is 12.1. The normalized spacial score (nSPS) is 20.2. The summed E-state index contributed by atoms with van der Waals surface area (Å²) in [6.07, 6.45) is 2.55. The molecule has 1 rings (SSSR count). The van der Waals surface area contributed by atoms with Crippen LogP contribution in [0.1, 0.15) is 6.42 Å². The molecule has 1 unspecified atom stereocenters. The Labute approximate surface area is 94.3 Å². The standard InChI is InChI=1S/C11H15NO4/c1-8(15-3)4-5-11(14)16-9-6-10(13)12(2)7-9/h4-5,9H,1,6-7H2,2-3H3/b5-4+. The van der Waals surface area contributed by atoms with E-state index in [2.05, 4.69) is 6.58 Å². The van der Waals surface area contributed by atoms with E-state index in [0.29, 0.717) is 12.3 Å². The molecule has 0 bridgehead atoms. The molecule has 5 heteroatoms. The Bertz CT molecular complexity index is 335. The monoisotopic (exact) mass is 225 g/mol. The molecular formula is C11H15NO4. The van der Waals surface area contributed by atoms with E-state index < -0.39 is 5.97 Å². The summed E-state index contributed by atoms with van der Waals surface area (Å²) in [5.74, 6) is -0.133. The fraction of sp³-hybridized carbons (Fsp3) is 0.455. The molecule has 0 aromatic heterocycles. The Hall–Kier alpha value is -1.78. The van der Waals surface area contributed by atoms with Crippen molar-refractivity contribution in [1.29, 1.82) is 0 Å². The first-order chi connectivity index (χ1) is 7.52. The minimum Gasteiger partial charge on any atom is -0.497 e. The molecule has 0 N–H and O–H groups in total. The molecule has 0 radical (unpaired) electrons. The van der Waals surface area contributed by atoms with Crippen LogP contribution in [-0.4, -0.2) is 43.6 Å². The van der Waals surface area contributed by atoms with Crippen molar-refractivity contribution in [3.05, 3.63) is 24.5 Å². The van der Waals surface area contributed by atoms with Gasteiger partial charge in [0, 0.05) is 13.1 Å². The first kappa shape index (κ1) is 12.3. The van der Waals surface area contributed by atoms with Gasteiger partial charge in [0.15, 0.2) is 0 Å². The Kier molecular flexibility index (Phi) is 4.10. The van der Waals surface area contributed by atoms with E-state index in [1.807, 2.05) is 0 Å². The number of allylic oxidation sites excluding steroid dienone is 1. The summed E-state index contributed by atoms with van der Waals surface area (Å²) in [5.41, 5.74) is 0. The number of esters is 1. The van der Waals surface area contributed by atoms with Crippen LogP contribution in [0.3, 0.4) is 0 Å². The third kappa shape index (κ3) is 3.42. The second kappa shape index (κ2) is 5.34. The predicted molar refractivity (Wildman–Crippen MR) is 57.4 cm³/mol. The molecule has 1 saturated heterocycles. The topological polar surface area (TPSA) is 55.8 Å². The summed E-state index contributed by atoms with van der Waals surface area (Å²) in [5, 5.41) is 0. The number of carbonyl (C=O) groups excluding carboxylic acids is 2. The van der Waals surface area contributed by atoms with Crippen LogP contribution >= 0.6 is 0 Å². The number of rotatable bonds is 4. The van der Waals surface area contributed by atoms with Crippen LogP contribution in [0.4, 0.5) is 0 Å². The summed E-state index contributed by atoms with van der Waals surface area (Å²) in [6, 6.07) is 0. The Morgan fingerprint density at radius 2 is 2.25 bits per heavy atom. The molecule has 16 heavy (non-hydrogen) atoms. The van der Waals surface area contributed by atoms with E-state index in [1.54, 1.807) is 7.05 Å². The van der Waals surface area contributed by atoms with Crippen molar-refractivity contribution in [3.63, 3.8) is 0 Å². The zero-order valence-electron chi connectivity index (χ0n) is 9.43. The van der Waals surface area contributed by atoms with Gasteiger partial charge in [-0.15, -0.1) is 0 Å². The minimum absolute atomic E-state index is 0.0110. The van der Waals surface area contributed by atoms with Gasteiger partial charge < -0.3 is 14.4 Å². The maximum absolute atomic E-state index is 11.3. The van der Waals surface area contributed by atoms with Gasteiger partial charge in [-0.25, -0.2) is 4.79 Å². The summed E-state index contributed by atoms with van der Waals surface area (Å²) < 4.78 is 9.82. The molecule has 5 nitrogen and oxygen atoms in total.